The maximum absolute atomic E-state index is 12.4. The van der Waals surface area contributed by atoms with Gasteiger partial charge in [-0.25, -0.2) is 0 Å². The van der Waals surface area contributed by atoms with E-state index in [2.05, 4.69) is 15.9 Å². The lowest BCUT2D eigenvalue weighted by Crippen LogP contribution is -2.45. The molecule has 3 nitrogen and oxygen atoms in total. The second-order valence-electron chi connectivity index (χ2n) is 4.46. The summed E-state index contributed by atoms with van der Waals surface area (Å²) < 4.78 is 0.715. The smallest absolute Gasteiger partial charge is 0.254 e. The van der Waals surface area contributed by atoms with Gasteiger partial charge in [-0.2, -0.15) is 0 Å². The average molecular weight is 333 g/mol. The summed E-state index contributed by atoms with van der Waals surface area (Å²) >= 11 is 9.23. The first kappa shape index (κ1) is 13.8. The second-order valence-corrected chi connectivity index (χ2v) is 5.72. The first-order valence-electron chi connectivity index (χ1n) is 6.00. The monoisotopic (exact) mass is 331 g/mol. The lowest BCUT2D eigenvalue weighted by atomic mass is 10.0. The van der Waals surface area contributed by atoms with Crippen LogP contribution in [0.15, 0.2) is 22.7 Å². The fraction of sp³-hybridized carbons (Fsp3) is 0.462. The van der Waals surface area contributed by atoms with E-state index in [0.29, 0.717) is 21.6 Å². The number of aliphatic hydroxyl groups is 1. The van der Waals surface area contributed by atoms with Crippen molar-refractivity contribution < 1.29 is 9.90 Å². The molecular weight excluding hydrogens is 318 g/mol. The highest BCUT2D eigenvalue weighted by Crippen LogP contribution is 2.25. The molecule has 1 aliphatic rings. The Labute approximate surface area is 120 Å². The van der Waals surface area contributed by atoms with Crippen molar-refractivity contribution in [3.63, 3.8) is 0 Å². The first-order valence-corrected chi connectivity index (χ1v) is 7.17. The molecule has 1 atom stereocenters. The number of rotatable bonds is 2. The van der Waals surface area contributed by atoms with E-state index in [9.17, 15) is 9.90 Å². The van der Waals surface area contributed by atoms with Crippen LogP contribution in [0.4, 0.5) is 0 Å². The van der Waals surface area contributed by atoms with Gasteiger partial charge in [0.2, 0.25) is 0 Å². The molecule has 0 saturated carbocycles. The minimum Gasteiger partial charge on any atom is -0.394 e. The number of halogens is 2. The van der Waals surface area contributed by atoms with Crippen molar-refractivity contribution in [3.05, 3.63) is 33.3 Å². The highest BCUT2D eigenvalue weighted by atomic mass is 79.9. The quantitative estimate of drug-likeness (QED) is 0.904. The van der Waals surface area contributed by atoms with E-state index in [1.54, 1.807) is 23.1 Å². The molecule has 1 fully saturated rings. The third kappa shape index (κ3) is 2.87. The number of piperidine rings is 1. The topological polar surface area (TPSA) is 40.5 Å². The summed E-state index contributed by atoms with van der Waals surface area (Å²) in [5, 5.41) is 9.92. The van der Waals surface area contributed by atoms with Gasteiger partial charge in [0.25, 0.3) is 5.91 Å². The van der Waals surface area contributed by atoms with Gasteiger partial charge >= 0.3 is 0 Å². The van der Waals surface area contributed by atoms with Gasteiger partial charge in [-0.15, -0.1) is 0 Å². The molecule has 1 saturated heterocycles. The molecule has 1 N–H and O–H groups in total. The first-order chi connectivity index (χ1) is 8.63. The minimum absolute atomic E-state index is 0.0283. The molecular formula is C13H15BrClNO2. The Kier molecular flexibility index (Phi) is 4.65. The second kappa shape index (κ2) is 6.04. The molecule has 5 heteroatoms. The van der Waals surface area contributed by atoms with Crippen molar-refractivity contribution in [2.24, 2.45) is 0 Å². The van der Waals surface area contributed by atoms with Crippen molar-refractivity contribution in [2.75, 3.05) is 13.2 Å². The Bertz CT molecular complexity index is 453. The summed E-state index contributed by atoms with van der Waals surface area (Å²) in [6, 6.07) is 5.10. The van der Waals surface area contributed by atoms with Gasteiger partial charge in [-0.1, -0.05) is 11.6 Å². The normalized spacial score (nSPS) is 19.9. The molecule has 1 aromatic rings. The summed E-state index contributed by atoms with van der Waals surface area (Å²) in [6.45, 7) is 0.741. The fourth-order valence-electron chi connectivity index (χ4n) is 2.25. The summed E-state index contributed by atoms with van der Waals surface area (Å²) in [4.78, 5) is 14.1. The number of hydrogen-bond acceptors (Lipinski definition) is 2. The molecule has 0 radical (unpaired) electrons. The summed E-state index contributed by atoms with van der Waals surface area (Å²) in [7, 11) is 0. The van der Waals surface area contributed by atoms with Gasteiger partial charge in [-0.3, -0.25) is 4.79 Å². The molecule has 1 heterocycles. The Hall–Kier alpha value is -0.580. The van der Waals surface area contributed by atoms with Gasteiger partial charge < -0.3 is 10.0 Å². The van der Waals surface area contributed by atoms with Crippen molar-refractivity contribution in [1.82, 2.24) is 4.90 Å². The van der Waals surface area contributed by atoms with Crippen LogP contribution in [0.2, 0.25) is 5.02 Å². The predicted molar refractivity (Wildman–Crippen MR) is 74.9 cm³/mol. The molecule has 0 bridgehead atoms. The molecule has 1 unspecified atom stereocenters. The van der Waals surface area contributed by atoms with Crippen LogP contribution in [0.5, 0.6) is 0 Å². The largest absolute Gasteiger partial charge is 0.394 e. The van der Waals surface area contributed by atoms with E-state index < -0.39 is 0 Å². The minimum atomic E-state index is -0.0549. The zero-order valence-corrected chi connectivity index (χ0v) is 12.2. The van der Waals surface area contributed by atoms with Gasteiger partial charge in [0.1, 0.15) is 0 Å². The van der Waals surface area contributed by atoms with Crippen LogP contribution in [0.3, 0.4) is 0 Å². The Balaban J connectivity index is 2.21. The highest BCUT2D eigenvalue weighted by Gasteiger charge is 2.26. The molecule has 98 valence electrons. The van der Waals surface area contributed by atoms with Crippen LogP contribution >= 0.6 is 27.5 Å². The summed E-state index contributed by atoms with van der Waals surface area (Å²) in [5.74, 6) is -0.0360. The molecule has 2 rings (SSSR count). The van der Waals surface area contributed by atoms with Crippen molar-refractivity contribution in [3.8, 4) is 0 Å². The van der Waals surface area contributed by atoms with Crippen LogP contribution in [-0.2, 0) is 0 Å². The number of benzene rings is 1. The zero-order valence-electron chi connectivity index (χ0n) is 9.90. The lowest BCUT2D eigenvalue weighted by molar-refractivity contribution is 0.0503. The van der Waals surface area contributed by atoms with E-state index >= 15 is 0 Å². The molecule has 1 amide bonds. The number of nitrogens with zero attached hydrogens (tertiary/aromatic N) is 1. The summed E-state index contributed by atoms with van der Waals surface area (Å²) in [5.41, 5.74) is 0.603. The van der Waals surface area contributed by atoms with Gasteiger partial charge in [0.05, 0.1) is 17.7 Å². The molecule has 0 aliphatic carbocycles. The highest BCUT2D eigenvalue weighted by molar-refractivity contribution is 9.10. The van der Waals surface area contributed by atoms with Crippen molar-refractivity contribution in [1.29, 1.82) is 0 Å². The number of amides is 1. The number of carbonyl (C=O) groups excluding carboxylic acids is 1. The third-order valence-corrected chi connectivity index (χ3v) is 4.48. The van der Waals surface area contributed by atoms with Crippen LogP contribution in [0, 0.1) is 0 Å². The Morgan fingerprint density at radius 2 is 2.28 bits per heavy atom. The van der Waals surface area contributed by atoms with Gasteiger partial charge in [0.15, 0.2) is 0 Å². The Morgan fingerprint density at radius 3 is 2.94 bits per heavy atom. The van der Waals surface area contributed by atoms with Crippen LogP contribution < -0.4 is 0 Å². The van der Waals surface area contributed by atoms with E-state index in [1.165, 1.54) is 0 Å². The van der Waals surface area contributed by atoms with Crippen LogP contribution in [0.25, 0.3) is 0 Å². The Morgan fingerprint density at radius 1 is 1.50 bits per heavy atom. The predicted octanol–water partition coefficient (Wildman–Crippen LogP) is 3.09. The van der Waals surface area contributed by atoms with Crippen LogP contribution in [0.1, 0.15) is 29.6 Å². The van der Waals surface area contributed by atoms with Gasteiger partial charge in [0, 0.05) is 16.6 Å². The third-order valence-electron chi connectivity index (χ3n) is 3.27. The van der Waals surface area contributed by atoms with E-state index in [4.69, 9.17) is 11.6 Å². The van der Waals surface area contributed by atoms with E-state index in [1.807, 2.05) is 0 Å². The maximum Gasteiger partial charge on any atom is 0.254 e. The molecule has 0 spiro atoms. The standard InChI is InChI=1S/C13H15BrClNO2/c14-11-7-9(4-5-12(11)15)13(18)16-6-2-1-3-10(16)8-17/h4-5,7,10,17H,1-3,6,8H2. The maximum atomic E-state index is 12.4. The SMILES string of the molecule is O=C(c1ccc(Cl)c(Br)c1)N1CCCCC1CO. The summed E-state index contributed by atoms with van der Waals surface area (Å²) in [6.07, 6.45) is 2.94. The molecule has 1 aromatic carbocycles. The number of carbonyl (C=O) groups is 1. The molecule has 1 aliphatic heterocycles. The number of aliphatic hydroxyl groups excluding tert-OH is 1. The van der Waals surface area contributed by atoms with Crippen molar-refractivity contribution in [2.45, 2.75) is 25.3 Å². The fourth-order valence-corrected chi connectivity index (χ4v) is 2.75. The van der Waals surface area contributed by atoms with Crippen molar-refractivity contribution >= 4 is 33.4 Å². The van der Waals surface area contributed by atoms with Gasteiger partial charge in [-0.05, 0) is 53.4 Å². The molecule has 18 heavy (non-hydrogen) atoms. The zero-order chi connectivity index (χ0) is 13.1. The van der Waals surface area contributed by atoms with E-state index in [0.717, 1.165) is 19.3 Å². The number of likely N-dealkylation sites (tertiary alicyclic amines) is 1. The number of hydrogen-bond donors (Lipinski definition) is 1. The average Bonchev–Trinajstić information content (AvgIpc) is 2.41. The lowest BCUT2D eigenvalue weighted by Gasteiger charge is -2.34. The van der Waals surface area contributed by atoms with E-state index in [-0.39, 0.29) is 18.6 Å². The van der Waals surface area contributed by atoms with Crippen LogP contribution in [-0.4, -0.2) is 35.1 Å². The molecule has 0 aromatic heterocycles.